The van der Waals surface area contributed by atoms with E-state index in [1.54, 1.807) is 12.1 Å². The predicted octanol–water partition coefficient (Wildman–Crippen LogP) is 0.889. The summed E-state index contributed by atoms with van der Waals surface area (Å²) >= 11 is 6.05. The molecule has 1 aromatic rings. The highest BCUT2D eigenvalue weighted by Crippen LogP contribution is 2.17. The first kappa shape index (κ1) is 14.8. The molecule has 1 aliphatic heterocycles. The van der Waals surface area contributed by atoms with E-state index < -0.39 is 11.9 Å². The highest BCUT2D eigenvalue weighted by atomic mass is 35.5. The van der Waals surface area contributed by atoms with Gasteiger partial charge in [0.1, 0.15) is 6.04 Å². The van der Waals surface area contributed by atoms with Gasteiger partial charge in [0.15, 0.2) is 0 Å². The van der Waals surface area contributed by atoms with Crippen LogP contribution in [-0.2, 0) is 20.7 Å². The van der Waals surface area contributed by atoms with Crippen LogP contribution in [0, 0.1) is 5.92 Å². The molecule has 0 unspecified atom stereocenters. The van der Waals surface area contributed by atoms with Crippen LogP contribution in [0.2, 0.25) is 5.02 Å². The van der Waals surface area contributed by atoms with Crippen LogP contribution >= 0.6 is 11.6 Å². The fourth-order valence-corrected chi connectivity index (χ4v) is 2.35. The summed E-state index contributed by atoms with van der Waals surface area (Å²) in [6.45, 7) is 0.966. The molecule has 0 aliphatic carbocycles. The van der Waals surface area contributed by atoms with Crippen molar-refractivity contribution < 1.29 is 14.3 Å². The second-order valence-electron chi connectivity index (χ2n) is 4.82. The van der Waals surface area contributed by atoms with Crippen molar-refractivity contribution in [2.45, 2.75) is 18.9 Å². The van der Waals surface area contributed by atoms with Gasteiger partial charge in [0.05, 0.1) is 12.5 Å². The zero-order chi connectivity index (χ0) is 14.5. The van der Waals surface area contributed by atoms with Crippen molar-refractivity contribution in [1.82, 2.24) is 5.32 Å². The zero-order valence-corrected chi connectivity index (χ0v) is 11.7. The van der Waals surface area contributed by atoms with Crippen molar-refractivity contribution in [1.29, 1.82) is 0 Å². The molecule has 1 fully saturated rings. The number of amides is 2. The maximum atomic E-state index is 12.0. The number of rotatable bonds is 5. The van der Waals surface area contributed by atoms with Gasteiger partial charge >= 0.3 is 0 Å². The van der Waals surface area contributed by atoms with Crippen molar-refractivity contribution in [2.75, 3.05) is 13.2 Å². The van der Waals surface area contributed by atoms with Gasteiger partial charge < -0.3 is 15.8 Å². The van der Waals surface area contributed by atoms with E-state index in [2.05, 4.69) is 5.32 Å². The smallest absolute Gasteiger partial charge is 0.240 e. The van der Waals surface area contributed by atoms with Gasteiger partial charge in [-0.05, 0) is 18.1 Å². The number of nitrogens with one attached hydrogen (secondary N) is 1. The van der Waals surface area contributed by atoms with Gasteiger partial charge in [-0.3, -0.25) is 9.59 Å². The van der Waals surface area contributed by atoms with E-state index in [4.69, 9.17) is 22.1 Å². The Balaban J connectivity index is 2.02. The lowest BCUT2D eigenvalue weighted by molar-refractivity contribution is -0.129. The van der Waals surface area contributed by atoms with Crippen LogP contribution in [0.15, 0.2) is 24.3 Å². The Morgan fingerprint density at radius 1 is 1.45 bits per heavy atom. The Labute approximate surface area is 122 Å². The summed E-state index contributed by atoms with van der Waals surface area (Å²) < 4.78 is 5.16. The minimum atomic E-state index is -0.761. The second-order valence-corrected chi connectivity index (χ2v) is 5.23. The topological polar surface area (TPSA) is 81.4 Å². The molecule has 108 valence electrons. The third kappa shape index (κ3) is 3.71. The summed E-state index contributed by atoms with van der Waals surface area (Å²) in [5.41, 5.74) is 6.13. The molecule has 1 heterocycles. The molecule has 0 bridgehead atoms. The van der Waals surface area contributed by atoms with E-state index in [-0.39, 0.29) is 18.2 Å². The summed E-state index contributed by atoms with van der Waals surface area (Å²) in [5.74, 6) is -0.973. The first-order chi connectivity index (χ1) is 9.58. The van der Waals surface area contributed by atoms with E-state index in [9.17, 15) is 9.59 Å². The molecule has 2 atom stereocenters. The molecule has 0 saturated carbocycles. The standard InChI is InChI=1S/C14H17ClN2O3/c15-11-4-2-1-3-9(11)7-12(13(16)18)17-14(19)10-5-6-20-8-10/h1-4,10,12H,5-8H2,(H2,16,18)(H,17,19)/t10-,12-/m1/s1. The van der Waals surface area contributed by atoms with Crippen LogP contribution in [-0.4, -0.2) is 31.1 Å². The van der Waals surface area contributed by atoms with Gasteiger partial charge in [-0.2, -0.15) is 0 Å². The zero-order valence-electron chi connectivity index (χ0n) is 11.0. The monoisotopic (exact) mass is 296 g/mol. The third-order valence-corrected chi connectivity index (χ3v) is 3.71. The number of hydrogen-bond donors (Lipinski definition) is 2. The highest BCUT2D eigenvalue weighted by Gasteiger charge is 2.27. The highest BCUT2D eigenvalue weighted by molar-refractivity contribution is 6.31. The van der Waals surface area contributed by atoms with Crippen LogP contribution in [0.3, 0.4) is 0 Å². The van der Waals surface area contributed by atoms with E-state index in [0.29, 0.717) is 24.7 Å². The Kier molecular flexibility index (Phi) is 4.98. The van der Waals surface area contributed by atoms with E-state index >= 15 is 0 Å². The minimum absolute atomic E-state index is 0.196. The summed E-state index contributed by atoms with van der Waals surface area (Å²) in [7, 11) is 0. The summed E-state index contributed by atoms with van der Waals surface area (Å²) in [6, 6.07) is 6.42. The minimum Gasteiger partial charge on any atom is -0.381 e. The normalized spacial score (nSPS) is 19.6. The number of carbonyl (C=O) groups is 2. The van der Waals surface area contributed by atoms with Crippen LogP contribution in [0.4, 0.5) is 0 Å². The molecule has 0 spiro atoms. The molecule has 3 N–H and O–H groups in total. The van der Waals surface area contributed by atoms with Gasteiger partial charge in [-0.15, -0.1) is 0 Å². The maximum Gasteiger partial charge on any atom is 0.240 e. The molecular weight excluding hydrogens is 280 g/mol. The molecule has 5 nitrogen and oxygen atoms in total. The lowest BCUT2D eigenvalue weighted by Crippen LogP contribution is -2.48. The first-order valence-corrected chi connectivity index (χ1v) is 6.86. The Morgan fingerprint density at radius 3 is 2.80 bits per heavy atom. The van der Waals surface area contributed by atoms with Gasteiger partial charge in [-0.25, -0.2) is 0 Å². The molecule has 20 heavy (non-hydrogen) atoms. The largest absolute Gasteiger partial charge is 0.381 e. The number of halogens is 1. The van der Waals surface area contributed by atoms with Crippen LogP contribution < -0.4 is 11.1 Å². The number of nitrogens with two attached hydrogens (primary N) is 1. The fourth-order valence-electron chi connectivity index (χ4n) is 2.14. The van der Waals surface area contributed by atoms with Crippen molar-refractivity contribution in [3.63, 3.8) is 0 Å². The number of benzene rings is 1. The van der Waals surface area contributed by atoms with Gasteiger partial charge in [0.2, 0.25) is 11.8 Å². The molecule has 1 aliphatic rings. The molecule has 2 rings (SSSR count). The third-order valence-electron chi connectivity index (χ3n) is 3.34. The molecule has 0 radical (unpaired) electrons. The molecule has 2 amide bonds. The SMILES string of the molecule is NC(=O)[C@@H](Cc1ccccc1Cl)NC(=O)[C@@H]1CCOC1. The lowest BCUT2D eigenvalue weighted by Gasteiger charge is -2.18. The number of ether oxygens (including phenoxy) is 1. The van der Waals surface area contributed by atoms with Crippen LogP contribution in [0.5, 0.6) is 0 Å². The van der Waals surface area contributed by atoms with Gasteiger partial charge in [0.25, 0.3) is 0 Å². The van der Waals surface area contributed by atoms with E-state index in [0.717, 1.165) is 5.56 Å². The van der Waals surface area contributed by atoms with Crippen molar-refractivity contribution in [3.05, 3.63) is 34.9 Å². The number of hydrogen-bond acceptors (Lipinski definition) is 3. The average molecular weight is 297 g/mol. The Bertz CT molecular complexity index is 501. The Morgan fingerprint density at radius 2 is 2.20 bits per heavy atom. The van der Waals surface area contributed by atoms with Crippen molar-refractivity contribution in [2.24, 2.45) is 11.7 Å². The molecule has 0 aromatic heterocycles. The summed E-state index contributed by atoms with van der Waals surface area (Å²) in [5, 5.41) is 3.23. The summed E-state index contributed by atoms with van der Waals surface area (Å²) in [4.78, 5) is 23.5. The molecular formula is C14H17ClN2O3. The number of carbonyl (C=O) groups excluding carboxylic acids is 2. The number of primary amides is 1. The van der Waals surface area contributed by atoms with E-state index in [1.165, 1.54) is 0 Å². The second kappa shape index (κ2) is 6.72. The summed E-state index contributed by atoms with van der Waals surface area (Å²) in [6.07, 6.45) is 0.956. The fraction of sp³-hybridized carbons (Fsp3) is 0.429. The Hall–Kier alpha value is -1.59. The molecule has 1 saturated heterocycles. The van der Waals surface area contributed by atoms with Gasteiger partial charge in [0, 0.05) is 18.1 Å². The lowest BCUT2D eigenvalue weighted by atomic mass is 10.0. The maximum absolute atomic E-state index is 12.0. The van der Waals surface area contributed by atoms with Crippen molar-refractivity contribution in [3.8, 4) is 0 Å². The van der Waals surface area contributed by atoms with Crippen LogP contribution in [0.25, 0.3) is 0 Å². The van der Waals surface area contributed by atoms with Gasteiger partial charge in [-0.1, -0.05) is 29.8 Å². The molecule has 6 heteroatoms. The first-order valence-electron chi connectivity index (χ1n) is 6.48. The molecule has 1 aromatic carbocycles. The predicted molar refractivity (Wildman–Crippen MR) is 75.2 cm³/mol. The van der Waals surface area contributed by atoms with E-state index in [1.807, 2.05) is 12.1 Å². The quantitative estimate of drug-likeness (QED) is 0.846. The average Bonchev–Trinajstić information content (AvgIpc) is 2.94. The van der Waals surface area contributed by atoms with Crippen molar-refractivity contribution >= 4 is 23.4 Å². The van der Waals surface area contributed by atoms with Crippen LogP contribution in [0.1, 0.15) is 12.0 Å².